The minimum absolute atomic E-state index is 0.115. The van der Waals surface area contributed by atoms with Crippen LogP contribution in [0.4, 0.5) is 10.2 Å². The fourth-order valence-electron chi connectivity index (χ4n) is 3.79. The number of nitrogens with zero attached hydrogens (tertiary/aromatic N) is 5. The molecule has 4 aromatic rings. The van der Waals surface area contributed by atoms with Crippen molar-refractivity contribution < 1.29 is 9.13 Å². The number of aryl methyl sites for hydroxylation is 1. The van der Waals surface area contributed by atoms with Crippen LogP contribution in [-0.4, -0.2) is 24.8 Å². The smallest absolute Gasteiger partial charge is 0.210 e. The van der Waals surface area contributed by atoms with Gasteiger partial charge in [0.1, 0.15) is 34.6 Å². The molecule has 1 aliphatic carbocycles. The first-order valence-corrected chi connectivity index (χ1v) is 12.1. The average molecular weight is 472 g/mol. The lowest BCUT2D eigenvalue weighted by atomic mass is 9.89. The quantitative estimate of drug-likeness (QED) is 0.323. The van der Waals surface area contributed by atoms with Crippen molar-refractivity contribution in [2.45, 2.75) is 43.7 Å². The second-order valence-corrected chi connectivity index (χ2v) is 9.88. The van der Waals surface area contributed by atoms with E-state index in [0.717, 1.165) is 23.1 Å². The molecule has 8 nitrogen and oxygen atoms in total. The van der Waals surface area contributed by atoms with Crippen LogP contribution in [0.15, 0.2) is 29.4 Å². The summed E-state index contributed by atoms with van der Waals surface area (Å²) in [6.07, 6.45) is 3.30. The van der Waals surface area contributed by atoms with Gasteiger partial charge in [0.25, 0.3) is 0 Å². The van der Waals surface area contributed by atoms with Crippen molar-refractivity contribution in [2.24, 2.45) is 5.92 Å². The monoisotopic (exact) mass is 471 g/mol. The third-order valence-electron chi connectivity index (χ3n) is 5.48. The van der Waals surface area contributed by atoms with E-state index in [1.807, 2.05) is 0 Å². The van der Waals surface area contributed by atoms with Crippen molar-refractivity contribution in [3.8, 4) is 5.75 Å². The molecular weight excluding hydrogens is 449 g/mol. The highest BCUT2D eigenvalue weighted by Crippen LogP contribution is 2.39. The number of benzene rings is 1. The van der Waals surface area contributed by atoms with E-state index in [0.29, 0.717) is 40.0 Å². The minimum Gasteiger partial charge on any atom is -0.486 e. The van der Waals surface area contributed by atoms with Crippen LogP contribution in [0.25, 0.3) is 10.2 Å². The minimum atomic E-state index is -0.323. The van der Waals surface area contributed by atoms with Gasteiger partial charge in [-0.3, -0.25) is 0 Å². The number of aromatic nitrogens is 5. The summed E-state index contributed by atoms with van der Waals surface area (Å²) in [5.41, 5.74) is 7.64. The van der Waals surface area contributed by atoms with Gasteiger partial charge in [0.15, 0.2) is 5.82 Å². The Hall–Kier alpha value is -2.92. The third-order valence-corrected chi connectivity index (χ3v) is 7.56. The number of thioether (sulfide) groups is 1. The Morgan fingerprint density at radius 2 is 2.06 bits per heavy atom. The van der Waals surface area contributed by atoms with Gasteiger partial charge >= 0.3 is 0 Å². The molecule has 0 spiro atoms. The van der Waals surface area contributed by atoms with Crippen LogP contribution >= 0.6 is 23.1 Å². The Labute approximate surface area is 192 Å². The Morgan fingerprint density at radius 1 is 1.25 bits per heavy atom. The van der Waals surface area contributed by atoms with Crippen LogP contribution in [0.5, 0.6) is 5.75 Å². The Kier molecular flexibility index (Phi) is 5.60. The van der Waals surface area contributed by atoms with Crippen LogP contribution in [0.2, 0.25) is 0 Å². The van der Waals surface area contributed by atoms with E-state index in [-0.39, 0.29) is 12.4 Å². The van der Waals surface area contributed by atoms with Crippen molar-refractivity contribution in [2.75, 3.05) is 11.6 Å². The topological polar surface area (TPSA) is 118 Å². The molecule has 4 N–H and O–H groups in total. The summed E-state index contributed by atoms with van der Waals surface area (Å²) in [6.45, 7) is 2.40. The van der Waals surface area contributed by atoms with Crippen molar-refractivity contribution in [3.05, 3.63) is 52.2 Å². The van der Waals surface area contributed by atoms with Crippen LogP contribution in [0.3, 0.4) is 0 Å². The zero-order chi connectivity index (χ0) is 22.2. The van der Waals surface area contributed by atoms with Crippen LogP contribution in [0, 0.1) is 11.7 Å². The summed E-state index contributed by atoms with van der Waals surface area (Å²) >= 11 is 3.11. The molecule has 1 unspecified atom stereocenters. The van der Waals surface area contributed by atoms with Gasteiger partial charge in [0.05, 0.1) is 11.1 Å². The Bertz CT molecular complexity index is 1270. The molecule has 0 saturated carbocycles. The fraction of sp³-hybridized carbons (Fsp3) is 0.333. The average Bonchev–Trinajstić information content (AvgIpc) is 3.31. The highest BCUT2D eigenvalue weighted by atomic mass is 32.2. The van der Waals surface area contributed by atoms with Crippen molar-refractivity contribution in [1.82, 2.24) is 24.8 Å². The molecule has 3 heterocycles. The normalized spacial score (nSPS) is 15.8. The Morgan fingerprint density at radius 3 is 2.88 bits per heavy atom. The number of ether oxygens (including phenoxy) is 1. The molecule has 1 aromatic carbocycles. The lowest BCUT2D eigenvalue weighted by molar-refractivity contribution is 0.291. The van der Waals surface area contributed by atoms with Crippen LogP contribution in [0.1, 0.15) is 35.4 Å². The number of hydrogen-bond donors (Lipinski definition) is 2. The zero-order valence-electron chi connectivity index (χ0n) is 17.4. The van der Waals surface area contributed by atoms with E-state index in [9.17, 15) is 4.39 Å². The Balaban J connectivity index is 1.28. The number of fused-ring (bicyclic) bond motifs is 3. The summed E-state index contributed by atoms with van der Waals surface area (Å²) in [5, 5.41) is 9.75. The highest BCUT2D eigenvalue weighted by molar-refractivity contribution is 7.98. The van der Waals surface area contributed by atoms with E-state index >= 15 is 0 Å². The lowest BCUT2D eigenvalue weighted by Gasteiger charge is -2.17. The third kappa shape index (κ3) is 4.09. The molecule has 0 fully saturated rings. The lowest BCUT2D eigenvalue weighted by Crippen LogP contribution is -2.16. The van der Waals surface area contributed by atoms with E-state index in [1.54, 1.807) is 23.5 Å². The van der Waals surface area contributed by atoms with Gasteiger partial charge in [-0.05, 0) is 55.0 Å². The van der Waals surface area contributed by atoms with Gasteiger partial charge in [-0.1, -0.05) is 18.7 Å². The molecule has 0 radical (unpaired) electrons. The maximum atomic E-state index is 13.0. The van der Waals surface area contributed by atoms with Gasteiger partial charge in [-0.2, -0.15) is 0 Å². The molecule has 1 atom stereocenters. The van der Waals surface area contributed by atoms with Gasteiger partial charge in [-0.15, -0.1) is 21.5 Å². The molecule has 0 saturated heterocycles. The molecule has 0 bridgehead atoms. The SMILES string of the molecule is CC1CCc2c(sc3nc(CSc4nnc(COc5ccc(F)cc5)n4N)nc(N)c23)C1. The molecule has 166 valence electrons. The summed E-state index contributed by atoms with van der Waals surface area (Å²) < 4.78 is 20.0. The van der Waals surface area contributed by atoms with E-state index < -0.39 is 0 Å². The predicted octanol–water partition coefficient (Wildman–Crippen LogP) is 3.71. The number of halogens is 1. The van der Waals surface area contributed by atoms with Gasteiger partial charge in [0, 0.05) is 4.88 Å². The second kappa shape index (κ2) is 8.55. The van der Waals surface area contributed by atoms with E-state index in [1.165, 1.54) is 45.4 Å². The largest absolute Gasteiger partial charge is 0.486 e. The molecule has 32 heavy (non-hydrogen) atoms. The number of anilines is 1. The number of rotatable bonds is 6. The first-order chi connectivity index (χ1) is 15.5. The molecular formula is C21H22FN7OS2. The van der Waals surface area contributed by atoms with E-state index in [4.69, 9.17) is 21.3 Å². The summed E-state index contributed by atoms with van der Waals surface area (Å²) in [4.78, 5) is 11.6. The number of nitrogen functional groups attached to an aromatic ring is 2. The molecule has 0 amide bonds. The number of hydrogen-bond acceptors (Lipinski definition) is 9. The number of nitrogens with two attached hydrogens (primary N) is 2. The second-order valence-electron chi connectivity index (χ2n) is 7.86. The predicted molar refractivity (Wildman–Crippen MR) is 123 cm³/mol. The van der Waals surface area contributed by atoms with E-state index in [2.05, 4.69) is 22.1 Å². The first-order valence-electron chi connectivity index (χ1n) is 10.2. The summed E-state index contributed by atoms with van der Waals surface area (Å²) in [6, 6.07) is 5.75. The molecule has 0 aliphatic heterocycles. The highest BCUT2D eigenvalue weighted by Gasteiger charge is 2.23. The van der Waals surface area contributed by atoms with Crippen LogP contribution < -0.4 is 16.3 Å². The van der Waals surface area contributed by atoms with Crippen molar-refractivity contribution in [1.29, 1.82) is 0 Å². The summed E-state index contributed by atoms with van der Waals surface area (Å²) in [5.74, 6) is 9.11. The molecule has 5 rings (SSSR count). The molecule has 3 aromatic heterocycles. The van der Waals surface area contributed by atoms with Crippen molar-refractivity contribution in [3.63, 3.8) is 0 Å². The summed E-state index contributed by atoms with van der Waals surface area (Å²) in [7, 11) is 0. The van der Waals surface area contributed by atoms with Crippen molar-refractivity contribution >= 4 is 39.1 Å². The molecule has 11 heteroatoms. The van der Waals surface area contributed by atoms with Gasteiger partial charge in [0.2, 0.25) is 5.16 Å². The maximum Gasteiger partial charge on any atom is 0.210 e. The van der Waals surface area contributed by atoms with Gasteiger partial charge in [-0.25, -0.2) is 19.0 Å². The number of thiophene rings is 1. The standard InChI is InChI=1S/C21H22FN7OS2/c1-11-2-7-14-15(8-11)32-20-18(14)19(23)25-16(26-20)10-31-21-28-27-17(29(21)24)9-30-13-5-3-12(22)4-6-13/h3-6,11H,2,7-10,24H2,1H3,(H2,23,25,26). The van der Waals surface area contributed by atoms with Crippen LogP contribution in [-0.2, 0) is 25.2 Å². The fourth-order valence-corrected chi connectivity index (χ4v) is 5.93. The molecule has 1 aliphatic rings. The van der Waals surface area contributed by atoms with Gasteiger partial charge < -0.3 is 16.3 Å². The first kappa shape index (κ1) is 21.0. The maximum absolute atomic E-state index is 13.0. The zero-order valence-corrected chi connectivity index (χ0v) is 19.0.